The Bertz CT molecular complexity index is 1370. The summed E-state index contributed by atoms with van der Waals surface area (Å²) in [5.74, 6) is 1.95. The van der Waals surface area contributed by atoms with Gasteiger partial charge in [0.15, 0.2) is 0 Å². The van der Waals surface area contributed by atoms with E-state index in [2.05, 4.69) is 34.7 Å². The van der Waals surface area contributed by atoms with E-state index in [9.17, 15) is 18.0 Å². The van der Waals surface area contributed by atoms with E-state index >= 15 is 0 Å². The van der Waals surface area contributed by atoms with Crippen LogP contribution < -0.4 is 10.6 Å². The van der Waals surface area contributed by atoms with Crippen molar-refractivity contribution in [2.75, 3.05) is 5.32 Å². The van der Waals surface area contributed by atoms with Crippen LogP contribution >= 0.6 is 0 Å². The molecule has 2 atom stereocenters. The first kappa shape index (κ1) is 25.9. The molecule has 1 aromatic heterocycles. The minimum atomic E-state index is -4.52. The number of hydrogen-bond donors (Lipinski definition) is 2. The first-order valence-corrected chi connectivity index (χ1v) is 11.9. The number of halogens is 3. The fourth-order valence-corrected chi connectivity index (χ4v) is 3.99. The Kier molecular flexibility index (Phi) is 7.61. The number of carbonyl (C=O) groups excluding carboxylic acids is 1. The lowest BCUT2D eigenvalue weighted by Crippen LogP contribution is -2.21. The van der Waals surface area contributed by atoms with Gasteiger partial charge < -0.3 is 10.6 Å². The van der Waals surface area contributed by atoms with Crippen molar-refractivity contribution in [2.45, 2.75) is 39.4 Å². The van der Waals surface area contributed by atoms with E-state index in [1.54, 1.807) is 24.4 Å². The SMILES string of the molecule is Cc1nccn1C1=N/C(N[C@@H](C)c2cccc(NC(=O)c3cccc(C(F)(F)F)c3)c2)=C\C(C)C\C=C\1. The van der Waals surface area contributed by atoms with Gasteiger partial charge in [0, 0.05) is 23.6 Å². The summed E-state index contributed by atoms with van der Waals surface area (Å²) in [6.07, 6.45) is 6.08. The van der Waals surface area contributed by atoms with Gasteiger partial charge in [-0.1, -0.05) is 31.2 Å². The molecule has 0 bridgehead atoms. The first-order chi connectivity index (χ1) is 17.6. The average Bonchev–Trinajstić information content (AvgIpc) is 3.27. The molecule has 9 heteroatoms. The smallest absolute Gasteiger partial charge is 0.364 e. The Balaban J connectivity index is 1.52. The molecule has 4 rings (SSSR count). The summed E-state index contributed by atoms with van der Waals surface area (Å²) in [5.41, 5.74) is 0.428. The van der Waals surface area contributed by atoms with Crippen LogP contribution in [0.15, 0.2) is 90.0 Å². The maximum Gasteiger partial charge on any atom is 0.416 e. The van der Waals surface area contributed by atoms with Crippen LogP contribution in [0.2, 0.25) is 0 Å². The number of nitrogens with one attached hydrogen (secondary N) is 2. The molecule has 3 aromatic rings. The molecule has 0 radical (unpaired) electrons. The second kappa shape index (κ2) is 10.9. The topological polar surface area (TPSA) is 71.3 Å². The first-order valence-electron chi connectivity index (χ1n) is 11.9. The molecule has 0 fully saturated rings. The van der Waals surface area contributed by atoms with Crippen LogP contribution in [0.4, 0.5) is 18.9 Å². The Hall–Kier alpha value is -4.14. The number of alkyl halides is 3. The highest BCUT2D eigenvalue weighted by atomic mass is 19.4. The number of nitrogens with zero attached hydrogens (tertiary/aromatic N) is 3. The normalized spacial score (nSPS) is 20.4. The summed E-state index contributed by atoms with van der Waals surface area (Å²) in [7, 11) is 0. The van der Waals surface area contributed by atoms with Gasteiger partial charge in [0.1, 0.15) is 17.5 Å². The molecule has 192 valence electrons. The lowest BCUT2D eigenvalue weighted by atomic mass is 10.0. The molecule has 2 aromatic carbocycles. The van der Waals surface area contributed by atoms with Crippen LogP contribution in [0, 0.1) is 12.8 Å². The van der Waals surface area contributed by atoms with Crippen LogP contribution in [-0.2, 0) is 6.18 Å². The zero-order valence-corrected chi connectivity index (χ0v) is 20.8. The number of aryl methyl sites for hydroxylation is 1. The summed E-state index contributed by atoms with van der Waals surface area (Å²) in [5, 5.41) is 6.15. The monoisotopic (exact) mass is 507 g/mol. The van der Waals surface area contributed by atoms with Crippen LogP contribution in [0.3, 0.4) is 0 Å². The molecule has 0 aliphatic carbocycles. The summed E-state index contributed by atoms with van der Waals surface area (Å²) in [6, 6.07) is 11.4. The van der Waals surface area contributed by atoms with Crippen LogP contribution in [-0.4, -0.2) is 21.3 Å². The molecule has 37 heavy (non-hydrogen) atoms. The molecule has 2 heterocycles. The standard InChI is InChI=1S/C28H28F3N5O/c1-18-7-4-12-26(36-14-13-32-20(36)3)35-25(15-18)33-19(2)21-8-6-11-24(17-21)34-27(37)22-9-5-10-23(16-22)28(29,30)31/h4-6,8-19,33H,7H2,1-3H3,(H,34,37)/b12-4+,25-15-,35-26+/t18?,19-/m0/s1. The van der Waals surface area contributed by atoms with Crippen molar-refractivity contribution >= 4 is 17.4 Å². The van der Waals surface area contributed by atoms with E-state index in [0.29, 0.717) is 11.5 Å². The summed E-state index contributed by atoms with van der Waals surface area (Å²) in [4.78, 5) is 21.8. The minimum absolute atomic E-state index is 0.0650. The zero-order chi connectivity index (χ0) is 26.6. The van der Waals surface area contributed by atoms with Crippen molar-refractivity contribution in [3.63, 3.8) is 0 Å². The predicted octanol–water partition coefficient (Wildman–Crippen LogP) is 6.50. The number of imidazole rings is 1. The van der Waals surface area contributed by atoms with Gasteiger partial charge >= 0.3 is 6.18 Å². The summed E-state index contributed by atoms with van der Waals surface area (Å²) < 4.78 is 41.0. The molecule has 1 unspecified atom stereocenters. The summed E-state index contributed by atoms with van der Waals surface area (Å²) >= 11 is 0. The quantitative estimate of drug-likeness (QED) is 0.414. The van der Waals surface area contributed by atoms with Crippen molar-refractivity contribution in [1.29, 1.82) is 0 Å². The molecule has 6 nitrogen and oxygen atoms in total. The van der Waals surface area contributed by atoms with E-state index in [1.807, 2.05) is 36.8 Å². The van der Waals surface area contributed by atoms with E-state index < -0.39 is 17.6 Å². The third-order valence-electron chi connectivity index (χ3n) is 5.99. The molecule has 1 aliphatic rings. The fraction of sp³-hybridized carbons (Fsp3) is 0.250. The van der Waals surface area contributed by atoms with E-state index in [4.69, 9.17) is 4.99 Å². The third kappa shape index (κ3) is 6.55. The van der Waals surface area contributed by atoms with Crippen LogP contribution in [0.25, 0.3) is 0 Å². The van der Waals surface area contributed by atoms with Gasteiger partial charge in [-0.2, -0.15) is 13.2 Å². The molecule has 0 saturated carbocycles. The summed E-state index contributed by atoms with van der Waals surface area (Å²) in [6.45, 7) is 6.01. The average molecular weight is 508 g/mol. The van der Waals surface area contributed by atoms with Crippen molar-refractivity contribution in [3.05, 3.63) is 107 Å². The van der Waals surface area contributed by atoms with Gasteiger partial charge in [-0.05, 0) is 74.2 Å². The number of benzene rings is 2. The maximum absolute atomic E-state index is 13.0. The molecule has 1 aliphatic heterocycles. The van der Waals surface area contributed by atoms with Gasteiger partial charge in [-0.3, -0.25) is 9.36 Å². The highest BCUT2D eigenvalue weighted by Gasteiger charge is 2.30. The number of anilines is 1. The van der Waals surface area contributed by atoms with E-state index in [1.165, 1.54) is 12.1 Å². The Labute approximate surface area is 213 Å². The Morgan fingerprint density at radius 2 is 1.95 bits per heavy atom. The third-order valence-corrected chi connectivity index (χ3v) is 5.99. The minimum Gasteiger partial charge on any atom is -0.364 e. The Morgan fingerprint density at radius 1 is 1.16 bits per heavy atom. The lowest BCUT2D eigenvalue weighted by Gasteiger charge is -2.20. The van der Waals surface area contributed by atoms with E-state index in [0.717, 1.165) is 35.8 Å². The molecule has 2 N–H and O–H groups in total. The molecule has 0 saturated heterocycles. The molecular weight excluding hydrogens is 479 g/mol. The van der Waals surface area contributed by atoms with Gasteiger partial charge in [0.2, 0.25) is 0 Å². The predicted molar refractivity (Wildman–Crippen MR) is 138 cm³/mol. The zero-order valence-electron chi connectivity index (χ0n) is 20.8. The second-order valence-electron chi connectivity index (χ2n) is 9.01. The number of carbonyl (C=O) groups is 1. The fourth-order valence-electron chi connectivity index (χ4n) is 3.99. The van der Waals surface area contributed by atoms with Gasteiger partial charge in [0.25, 0.3) is 5.91 Å². The van der Waals surface area contributed by atoms with Gasteiger partial charge in [-0.15, -0.1) is 0 Å². The highest BCUT2D eigenvalue weighted by molar-refractivity contribution is 6.04. The molecule has 1 amide bonds. The van der Waals surface area contributed by atoms with E-state index in [-0.39, 0.29) is 17.5 Å². The second-order valence-corrected chi connectivity index (χ2v) is 9.01. The van der Waals surface area contributed by atoms with Crippen LogP contribution in [0.1, 0.15) is 53.6 Å². The van der Waals surface area contributed by atoms with Crippen molar-refractivity contribution in [3.8, 4) is 0 Å². The number of amides is 1. The number of aromatic nitrogens is 2. The number of hydrogen-bond acceptors (Lipinski definition) is 4. The lowest BCUT2D eigenvalue weighted by molar-refractivity contribution is -0.137. The number of allylic oxidation sites excluding steroid dienone is 3. The van der Waals surface area contributed by atoms with Crippen molar-refractivity contribution in [1.82, 2.24) is 14.9 Å². The molecule has 0 spiro atoms. The largest absolute Gasteiger partial charge is 0.416 e. The van der Waals surface area contributed by atoms with Gasteiger partial charge in [-0.25, -0.2) is 9.98 Å². The maximum atomic E-state index is 13.0. The number of rotatable bonds is 5. The van der Waals surface area contributed by atoms with Gasteiger partial charge in [0.05, 0.1) is 11.6 Å². The number of aliphatic imine (C=N–C) groups is 1. The highest BCUT2D eigenvalue weighted by Crippen LogP contribution is 2.30. The Morgan fingerprint density at radius 3 is 2.68 bits per heavy atom. The van der Waals surface area contributed by atoms with Crippen molar-refractivity contribution < 1.29 is 18.0 Å². The van der Waals surface area contributed by atoms with Crippen LogP contribution in [0.5, 0.6) is 0 Å². The van der Waals surface area contributed by atoms with Crippen molar-refractivity contribution in [2.24, 2.45) is 10.9 Å². The molecular formula is C28H28F3N5O.